The van der Waals surface area contributed by atoms with Crippen molar-refractivity contribution in [2.75, 3.05) is 17.7 Å². The van der Waals surface area contributed by atoms with Gasteiger partial charge in [0.2, 0.25) is 5.95 Å². The molecule has 4 N–H and O–H groups in total. The molecular weight excluding hydrogens is 266 g/mol. The first-order valence-electron chi connectivity index (χ1n) is 7.34. The fourth-order valence-corrected chi connectivity index (χ4v) is 2.33. The Kier molecular flexibility index (Phi) is 4.90. The highest BCUT2D eigenvalue weighted by Gasteiger charge is 2.24. The van der Waals surface area contributed by atoms with Crippen molar-refractivity contribution in [3.8, 4) is 0 Å². The van der Waals surface area contributed by atoms with Gasteiger partial charge in [0.15, 0.2) is 0 Å². The van der Waals surface area contributed by atoms with E-state index in [0.29, 0.717) is 11.3 Å². The van der Waals surface area contributed by atoms with E-state index in [2.05, 4.69) is 27.2 Å². The second-order valence-electron chi connectivity index (χ2n) is 5.62. The summed E-state index contributed by atoms with van der Waals surface area (Å²) in [6.45, 7) is 4.19. The van der Waals surface area contributed by atoms with Crippen LogP contribution in [-0.2, 0) is 0 Å². The third-order valence-corrected chi connectivity index (χ3v) is 3.62. The number of nitrogens with zero attached hydrogens (tertiary/aromatic N) is 3. The summed E-state index contributed by atoms with van der Waals surface area (Å²) in [5, 5.41) is 13.9. The quantitative estimate of drug-likeness (QED) is 0.677. The Labute approximate surface area is 124 Å². The lowest BCUT2D eigenvalue weighted by molar-refractivity contribution is 0.211. The average molecular weight is 289 g/mol. The normalized spacial score (nSPS) is 14.0. The molecule has 0 aliphatic carbocycles. The average Bonchev–Trinajstić information content (AvgIpc) is 2.47. The number of unbranched alkanes of at least 4 members (excludes halogenated alkanes) is 2. The molecule has 0 aliphatic heterocycles. The van der Waals surface area contributed by atoms with Crippen LogP contribution in [0.25, 0.3) is 10.9 Å². The highest BCUT2D eigenvalue weighted by Crippen LogP contribution is 2.25. The first kappa shape index (κ1) is 15.4. The Hall–Kier alpha value is -1.95. The molecule has 6 nitrogen and oxygen atoms in total. The molecule has 0 bridgehead atoms. The molecule has 2 heterocycles. The Bertz CT molecular complexity index is 604. The minimum Gasteiger partial charge on any atom is -0.394 e. The first-order valence-corrected chi connectivity index (χ1v) is 7.34. The molecular formula is C15H23N5O. The molecule has 0 amide bonds. The van der Waals surface area contributed by atoms with Crippen LogP contribution < -0.4 is 11.1 Å². The summed E-state index contributed by atoms with van der Waals surface area (Å²) in [6, 6.07) is 1.85. The number of aliphatic hydroxyl groups excluding tert-OH is 1. The number of aromatic nitrogens is 3. The highest BCUT2D eigenvalue weighted by atomic mass is 16.3. The number of pyridine rings is 1. The second kappa shape index (κ2) is 6.67. The van der Waals surface area contributed by atoms with Gasteiger partial charge in [0.05, 0.1) is 23.9 Å². The maximum atomic E-state index is 9.74. The van der Waals surface area contributed by atoms with E-state index in [1.807, 2.05) is 13.0 Å². The topological polar surface area (TPSA) is 97.0 Å². The van der Waals surface area contributed by atoms with Gasteiger partial charge in [-0.05, 0) is 19.4 Å². The largest absolute Gasteiger partial charge is 0.394 e. The van der Waals surface area contributed by atoms with Crippen molar-refractivity contribution in [3.05, 3.63) is 18.5 Å². The number of nitrogens with one attached hydrogen (secondary N) is 1. The van der Waals surface area contributed by atoms with E-state index >= 15 is 0 Å². The van der Waals surface area contributed by atoms with Gasteiger partial charge in [-0.25, -0.2) is 4.98 Å². The van der Waals surface area contributed by atoms with E-state index in [4.69, 9.17) is 5.73 Å². The predicted octanol–water partition coefficient (Wildman–Crippen LogP) is 2.35. The number of rotatable bonds is 7. The van der Waals surface area contributed by atoms with Gasteiger partial charge in [0, 0.05) is 11.6 Å². The minimum atomic E-state index is -0.424. The lowest BCUT2D eigenvalue weighted by Crippen LogP contribution is -2.39. The van der Waals surface area contributed by atoms with Crippen LogP contribution in [0.2, 0.25) is 0 Å². The van der Waals surface area contributed by atoms with Crippen LogP contribution in [0.3, 0.4) is 0 Å². The van der Waals surface area contributed by atoms with Crippen LogP contribution in [0.1, 0.15) is 39.5 Å². The fourth-order valence-electron chi connectivity index (χ4n) is 2.33. The summed E-state index contributed by atoms with van der Waals surface area (Å²) in [5.41, 5.74) is 6.03. The van der Waals surface area contributed by atoms with Crippen LogP contribution in [0, 0.1) is 0 Å². The van der Waals surface area contributed by atoms with Gasteiger partial charge in [-0.3, -0.25) is 4.98 Å². The summed E-state index contributed by atoms with van der Waals surface area (Å²) in [6.07, 6.45) is 7.57. The highest BCUT2D eigenvalue weighted by molar-refractivity contribution is 5.89. The molecule has 1 atom stereocenters. The van der Waals surface area contributed by atoms with Crippen molar-refractivity contribution in [2.45, 2.75) is 45.1 Å². The van der Waals surface area contributed by atoms with Crippen molar-refractivity contribution >= 4 is 22.7 Å². The lowest BCUT2D eigenvalue weighted by Gasteiger charge is -2.30. The molecule has 0 radical (unpaired) electrons. The van der Waals surface area contributed by atoms with Crippen molar-refractivity contribution < 1.29 is 5.11 Å². The SMILES string of the molecule is CCCCC[C@](C)(CO)Nc1nc(N)nc2cnccc12. The van der Waals surface area contributed by atoms with Crippen LogP contribution >= 0.6 is 0 Å². The van der Waals surface area contributed by atoms with Gasteiger partial charge in [0.1, 0.15) is 5.82 Å². The van der Waals surface area contributed by atoms with E-state index in [1.54, 1.807) is 12.4 Å². The Morgan fingerprint density at radius 3 is 2.86 bits per heavy atom. The molecule has 6 heteroatoms. The Morgan fingerprint density at radius 1 is 1.33 bits per heavy atom. The van der Waals surface area contributed by atoms with Crippen molar-refractivity contribution in [2.24, 2.45) is 0 Å². The van der Waals surface area contributed by atoms with Gasteiger partial charge in [-0.1, -0.05) is 26.2 Å². The zero-order valence-electron chi connectivity index (χ0n) is 12.6. The van der Waals surface area contributed by atoms with Crippen LogP contribution in [0.5, 0.6) is 0 Å². The maximum absolute atomic E-state index is 9.74. The molecule has 0 aliphatic rings. The second-order valence-corrected chi connectivity index (χ2v) is 5.62. The van der Waals surface area contributed by atoms with E-state index in [9.17, 15) is 5.11 Å². The molecule has 21 heavy (non-hydrogen) atoms. The summed E-state index contributed by atoms with van der Waals surface area (Å²) in [5.74, 6) is 0.847. The third kappa shape index (κ3) is 3.78. The summed E-state index contributed by atoms with van der Waals surface area (Å²) >= 11 is 0. The van der Waals surface area contributed by atoms with Gasteiger partial charge in [0.25, 0.3) is 0 Å². The fraction of sp³-hybridized carbons (Fsp3) is 0.533. The zero-order valence-corrected chi connectivity index (χ0v) is 12.6. The maximum Gasteiger partial charge on any atom is 0.222 e. The number of fused-ring (bicyclic) bond motifs is 1. The zero-order chi connectivity index (χ0) is 15.3. The Morgan fingerprint density at radius 2 is 2.14 bits per heavy atom. The molecule has 0 aromatic carbocycles. The molecule has 114 valence electrons. The van der Waals surface area contributed by atoms with Gasteiger partial charge < -0.3 is 16.2 Å². The number of anilines is 2. The molecule has 0 spiro atoms. The number of hydrogen-bond donors (Lipinski definition) is 3. The molecule has 2 aromatic heterocycles. The van der Waals surface area contributed by atoms with E-state index < -0.39 is 5.54 Å². The van der Waals surface area contributed by atoms with Crippen LogP contribution in [-0.4, -0.2) is 32.2 Å². The first-order chi connectivity index (χ1) is 10.1. The van der Waals surface area contributed by atoms with Crippen LogP contribution in [0.15, 0.2) is 18.5 Å². The number of hydrogen-bond acceptors (Lipinski definition) is 6. The smallest absolute Gasteiger partial charge is 0.222 e. The predicted molar refractivity (Wildman–Crippen MR) is 85.0 cm³/mol. The summed E-state index contributed by atoms with van der Waals surface area (Å²) in [4.78, 5) is 12.5. The lowest BCUT2D eigenvalue weighted by atomic mass is 9.95. The number of nitrogens with two attached hydrogens (primary N) is 1. The molecule has 2 aromatic rings. The third-order valence-electron chi connectivity index (χ3n) is 3.62. The van der Waals surface area contributed by atoms with Gasteiger partial charge in [-0.15, -0.1) is 0 Å². The standard InChI is InChI=1S/C15H23N5O/c1-3-4-5-7-15(2,10-21)20-13-11-6-8-17-9-12(11)18-14(16)19-13/h6,8-9,21H,3-5,7,10H2,1-2H3,(H3,16,18,19,20)/t15-/m1/s1. The van der Waals surface area contributed by atoms with E-state index in [0.717, 1.165) is 31.1 Å². The van der Waals surface area contributed by atoms with Crippen molar-refractivity contribution in [1.82, 2.24) is 15.0 Å². The number of nitrogen functional groups attached to an aromatic ring is 1. The Balaban J connectivity index is 2.28. The van der Waals surface area contributed by atoms with Gasteiger partial charge >= 0.3 is 0 Å². The number of aliphatic hydroxyl groups is 1. The van der Waals surface area contributed by atoms with E-state index in [-0.39, 0.29) is 12.6 Å². The molecule has 0 saturated carbocycles. The monoisotopic (exact) mass is 289 g/mol. The molecule has 2 rings (SSSR count). The van der Waals surface area contributed by atoms with Crippen LogP contribution in [0.4, 0.5) is 11.8 Å². The molecule has 0 saturated heterocycles. The van der Waals surface area contributed by atoms with Gasteiger partial charge in [-0.2, -0.15) is 4.98 Å². The summed E-state index contributed by atoms with van der Waals surface area (Å²) < 4.78 is 0. The minimum absolute atomic E-state index is 0.0349. The summed E-state index contributed by atoms with van der Waals surface area (Å²) in [7, 11) is 0. The van der Waals surface area contributed by atoms with E-state index in [1.165, 1.54) is 0 Å². The van der Waals surface area contributed by atoms with Crippen molar-refractivity contribution in [3.63, 3.8) is 0 Å². The molecule has 0 fully saturated rings. The molecule has 0 unspecified atom stereocenters. The van der Waals surface area contributed by atoms with Crippen molar-refractivity contribution in [1.29, 1.82) is 0 Å².